The lowest BCUT2D eigenvalue weighted by Gasteiger charge is -2.18. The summed E-state index contributed by atoms with van der Waals surface area (Å²) in [4.78, 5) is 2.95. The van der Waals surface area contributed by atoms with Crippen LogP contribution in [0.25, 0.3) is 11.0 Å². The molecule has 0 bridgehead atoms. The van der Waals surface area contributed by atoms with Gasteiger partial charge < -0.3 is 9.55 Å². The molecule has 0 aliphatic carbocycles. The number of rotatable bonds is 3. The maximum atomic E-state index is 14.2. The number of fused-ring (bicyclic) bond motifs is 1. The molecular formula is C16H14F2N2S. The van der Waals surface area contributed by atoms with Crippen molar-refractivity contribution in [1.82, 2.24) is 9.55 Å². The normalized spacial score (nSPS) is 12.7. The van der Waals surface area contributed by atoms with Gasteiger partial charge in [0, 0.05) is 0 Å². The maximum absolute atomic E-state index is 14.2. The maximum Gasteiger partial charge on any atom is 0.184 e. The van der Waals surface area contributed by atoms with Gasteiger partial charge in [0.2, 0.25) is 0 Å². The van der Waals surface area contributed by atoms with Crippen LogP contribution in [-0.2, 0) is 0 Å². The number of aromatic nitrogens is 2. The minimum absolute atomic E-state index is 0.135. The second-order valence-electron chi connectivity index (χ2n) is 4.89. The van der Waals surface area contributed by atoms with Crippen LogP contribution in [0.5, 0.6) is 0 Å². The van der Waals surface area contributed by atoms with Crippen LogP contribution in [0.1, 0.15) is 24.9 Å². The smallest absolute Gasteiger partial charge is 0.184 e. The number of imidazole rings is 1. The van der Waals surface area contributed by atoms with E-state index in [1.165, 1.54) is 6.07 Å². The summed E-state index contributed by atoms with van der Waals surface area (Å²) < 4.78 is 29.9. The van der Waals surface area contributed by atoms with Crippen molar-refractivity contribution in [3.05, 3.63) is 64.4 Å². The van der Waals surface area contributed by atoms with Gasteiger partial charge >= 0.3 is 0 Å². The van der Waals surface area contributed by atoms with Crippen LogP contribution in [0, 0.1) is 16.4 Å². The quantitative estimate of drug-likeness (QED) is 0.677. The van der Waals surface area contributed by atoms with Crippen LogP contribution in [0.4, 0.5) is 8.78 Å². The summed E-state index contributed by atoms with van der Waals surface area (Å²) in [5, 5.41) is 0. The third-order valence-corrected chi connectivity index (χ3v) is 3.95. The predicted octanol–water partition coefficient (Wildman–Crippen LogP) is 4.98. The molecule has 0 saturated heterocycles. The second-order valence-corrected chi connectivity index (χ2v) is 5.28. The standard InChI is InChI=1S/C16H14F2N2S/c1-2-13(10-6-4-3-5-7-10)20-15-12(19-16(20)21)9-8-11(17)14(15)18/h3-9,13H,2H2,1H3,(H,19,21). The highest BCUT2D eigenvalue weighted by Gasteiger charge is 2.20. The topological polar surface area (TPSA) is 20.7 Å². The highest BCUT2D eigenvalue weighted by atomic mass is 32.1. The van der Waals surface area contributed by atoms with Crippen molar-refractivity contribution in [2.45, 2.75) is 19.4 Å². The molecule has 21 heavy (non-hydrogen) atoms. The average molecular weight is 304 g/mol. The first-order valence-electron chi connectivity index (χ1n) is 6.76. The molecule has 2 aromatic carbocycles. The number of hydrogen-bond acceptors (Lipinski definition) is 1. The molecule has 1 N–H and O–H groups in total. The molecule has 1 heterocycles. The zero-order valence-electron chi connectivity index (χ0n) is 11.4. The molecule has 0 radical (unpaired) electrons. The molecule has 0 fully saturated rings. The molecule has 0 aliphatic rings. The van der Waals surface area contributed by atoms with Crippen molar-refractivity contribution in [2.24, 2.45) is 0 Å². The molecule has 108 valence electrons. The van der Waals surface area contributed by atoms with E-state index in [0.29, 0.717) is 10.3 Å². The van der Waals surface area contributed by atoms with Gasteiger partial charge in [-0.15, -0.1) is 0 Å². The lowest BCUT2D eigenvalue weighted by Crippen LogP contribution is -2.10. The van der Waals surface area contributed by atoms with E-state index in [1.807, 2.05) is 37.3 Å². The largest absolute Gasteiger partial charge is 0.330 e. The van der Waals surface area contributed by atoms with Crippen LogP contribution in [0.15, 0.2) is 42.5 Å². The Morgan fingerprint density at radius 2 is 1.86 bits per heavy atom. The van der Waals surface area contributed by atoms with Crippen molar-refractivity contribution < 1.29 is 8.78 Å². The van der Waals surface area contributed by atoms with Crippen LogP contribution in [0.2, 0.25) is 0 Å². The third kappa shape index (κ3) is 2.27. The molecule has 1 unspecified atom stereocenters. The molecule has 0 aliphatic heterocycles. The van der Waals surface area contributed by atoms with Crippen LogP contribution in [0.3, 0.4) is 0 Å². The van der Waals surface area contributed by atoms with Crippen molar-refractivity contribution >= 4 is 23.3 Å². The third-order valence-electron chi connectivity index (χ3n) is 3.65. The lowest BCUT2D eigenvalue weighted by molar-refractivity contribution is 0.503. The van der Waals surface area contributed by atoms with Crippen molar-refractivity contribution in [2.75, 3.05) is 0 Å². The van der Waals surface area contributed by atoms with E-state index < -0.39 is 11.6 Å². The van der Waals surface area contributed by atoms with E-state index in [-0.39, 0.29) is 11.6 Å². The van der Waals surface area contributed by atoms with Gasteiger partial charge in [0.05, 0.1) is 11.6 Å². The first-order valence-corrected chi connectivity index (χ1v) is 7.17. The van der Waals surface area contributed by atoms with Gasteiger partial charge in [-0.1, -0.05) is 37.3 Å². The Bertz CT molecular complexity index is 837. The molecule has 3 aromatic rings. The SMILES string of the molecule is CCC(c1ccccc1)n1c(=S)[nH]c2ccc(F)c(F)c21. The number of benzene rings is 2. The Morgan fingerprint density at radius 3 is 2.52 bits per heavy atom. The second kappa shape index (κ2) is 5.41. The Hall–Kier alpha value is -2.01. The van der Waals surface area contributed by atoms with E-state index in [4.69, 9.17) is 12.2 Å². The van der Waals surface area contributed by atoms with Gasteiger partial charge in [0.15, 0.2) is 16.4 Å². The summed E-state index contributed by atoms with van der Waals surface area (Å²) in [5.41, 5.74) is 1.71. The van der Waals surface area contributed by atoms with Gasteiger partial charge in [-0.05, 0) is 36.3 Å². The Morgan fingerprint density at radius 1 is 1.14 bits per heavy atom. The van der Waals surface area contributed by atoms with Crippen molar-refractivity contribution in [1.29, 1.82) is 0 Å². The monoisotopic (exact) mass is 304 g/mol. The van der Waals surface area contributed by atoms with Gasteiger partial charge in [-0.2, -0.15) is 0 Å². The highest BCUT2D eigenvalue weighted by Crippen LogP contribution is 2.29. The highest BCUT2D eigenvalue weighted by molar-refractivity contribution is 7.71. The summed E-state index contributed by atoms with van der Waals surface area (Å²) in [5.74, 6) is -1.73. The van der Waals surface area contributed by atoms with E-state index in [0.717, 1.165) is 18.1 Å². The van der Waals surface area contributed by atoms with Gasteiger partial charge in [0.1, 0.15) is 5.52 Å². The fraction of sp³-hybridized carbons (Fsp3) is 0.188. The average Bonchev–Trinajstić information content (AvgIpc) is 2.83. The van der Waals surface area contributed by atoms with Crippen molar-refractivity contribution in [3.63, 3.8) is 0 Å². The summed E-state index contributed by atoms with van der Waals surface area (Å²) in [6.45, 7) is 2.00. The molecule has 3 rings (SSSR count). The van der Waals surface area contributed by atoms with E-state index in [2.05, 4.69) is 4.98 Å². The van der Waals surface area contributed by atoms with E-state index in [1.54, 1.807) is 4.57 Å². The summed E-state index contributed by atoms with van der Waals surface area (Å²) in [6, 6.07) is 12.2. The molecule has 0 amide bonds. The molecule has 0 spiro atoms. The summed E-state index contributed by atoms with van der Waals surface area (Å²) in [6.07, 6.45) is 0.723. The van der Waals surface area contributed by atoms with Crippen LogP contribution >= 0.6 is 12.2 Å². The van der Waals surface area contributed by atoms with Crippen molar-refractivity contribution in [3.8, 4) is 0 Å². The van der Waals surface area contributed by atoms with Gasteiger partial charge in [-0.25, -0.2) is 8.78 Å². The van der Waals surface area contributed by atoms with Gasteiger partial charge in [-0.3, -0.25) is 0 Å². The number of H-pyrrole nitrogens is 1. The fourth-order valence-corrected chi connectivity index (χ4v) is 3.02. The Labute approximate surface area is 126 Å². The minimum Gasteiger partial charge on any atom is -0.330 e. The zero-order valence-corrected chi connectivity index (χ0v) is 12.3. The Balaban J connectivity index is 2.31. The summed E-state index contributed by atoms with van der Waals surface area (Å²) in [7, 11) is 0. The minimum atomic E-state index is -0.867. The Kier molecular flexibility index (Phi) is 3.59. The summed E-state index contributed by atoms with van der Waals surface area (Å²) >= 11 is 5.32. The fourth-order valence-electron chi connectivity index (χ4n) is 2.69. The zero-order chi connectivity index (χ0) is 15.0. The number of halogens is 2. The molecule has 1 aromatic heterocycles. The first kappa shape index (κ1) is 13.9. The lowest BCUT2D eigenvalue weighted by atomic mass is 10.0. The number of nitrogens with zero attached hydrogens (tertiary/aromatic N) is 1. The molecular weight excluding hydrogens is 290 g/mol. The molecule has 2 nitrogen and oxygen atoms in total. The van der Waals surface area contributed by atoms with E-state index >= 15 is 0 Å². The molecule has 1 atom stereocenters. The van der Waals surface area contributed by atoms with E-state index in [9.17, 15) is 8.78 Å². The van der Waals surface area contributed by atoms with Crippen LogP contribution in [-0.4, -0.2) is 9.55 Å². The molecule has 5 heteroatoms. The van der Waals surface area contributed by atoms with Crippen LogP contribution < -0.4 is 0 Å². The molecule has 0 saturated carbocycles. The number of aromatic amines is 1. The number of hydrogen-bond donors (Lipinski definition) is 1. The predicted molar refractivity (Wildman–Crippen MR) is 81.9 cm³/mol. The van der Waals surface area contributed by atoms with Gasteiger partial charge in [0.25, 0.3) is 0 Å². The first-order chi connectivity index (χ1) is 10.1. The number of nitrogens with one attached hydrogen (secondary N) is 1.